The first-order chi connectivity index (χ1) is 12.4. The fourth-order valence-electron chi connectivity index (χ4n) is 3.51. The van der Waals surface area contributed by atoms with Crippen LogP contribution >= 0.6 is 0 Å². The van der Waals surface area contributed by atoms with Crippen LogP contribution in [0.3, 0.4) is 0 Å². The number of aryl methyl sites for hydroxylation is 1. The minimum absolute atomic E-state index is 0.586. The van der Waals surface area contributed by atoms with Gasteiger partial charge in [-0.2, -0.15) is 10.1 Å². The Morgan fingerprint density at radius 3 is 2.92 bits per heavy atom. The molecule has 25 heavy (non-hydrogen) atoms. The topological polar surface area (TPSA) is 60.0 Å². The molecule has 0 unspecified atom stereocenters. The molecule has 1 atom stereocenters. The molecule has 1 saturated heterocycles. The van der Waals surface area contributed by atoms with Crippen LogP contribution in [0.1, 0.15) is 25.2 Å². The predicted molar refractivity (Wildman–Crippen MR) is 94.9 cm³/mol. The summed E-state index contributed by atoms with van der Waals surface area (Å²) in [5, 5.41) is 8.42. The summed E-state index contributed by atoms with van der Waals surface area (Å²) in [4.78, 5) is 7.08. The Kier molecular flexibility index (Phi) is 4.88. The highest BCUT2D eigenvalue weighted by atomic mass is 16.5. The standard InChI is InChI=1S/C19H23N5O/c1-2-7-16(8-3-1)19-21-18(25-22-19)10-5-13-23-12-4-9-17(23)15-24-14-6-11-20-24/h1-3,6-8,11,14,17H,4-5,9-10,12-13,15H2/t17-/m0/s1. The summed E-state index contributed by atoms with van der Waals surface area (Å²) in [5.74, 6) is 1.40. The van der Waals surface area contributed by atoms with Gasteiger partial charge in [0.25, 0.3) is 0 Å². The van der Waals surface area contributed by atoms with Gasteiger partial charge < -0.3 is 4.52 Å². The molecule has 1 aromatic carbocycles. The van der Waals surface area contributed by atoms with Gasteiger partial charge >= 0.3 is 0 Å². The third-order valence-electron chi connectivity index (χ3n) is 4.79. The van der Waals surface area contributed by atoms with Crippen molar-refractivity contribution in [2.75, 3.05) is 13.1 Å². The van der Waals surface area contributed by atoms with Crippen molar-refractivity contribution >= 4 is 0 Å². The quantitative estimate of drug-likeness (QED) is 0.663. The van der Waals surface area contributed by atoms with Crippen molar-refractivity contribution in [1.82, 2.24) is 24.8 Å². The summed E-state index contributed by atoms with van der Waals surface area (Å²) in [5.41, 5.74) is 0.997. The van der Waals surface area contributed by atoms with Gasteiger partial charge in [0.15, 0.2) is 0 Å². The Balaban J connectivity index is 1.28. The lowest BCUT2D eigenvalue weighted by atomic mass is 10.2. The van der Waals surface area contributed by atoms with Crippen LogP contribution in [0.2, 0.25) is 0 Å². The maximum atomic E-state index is 5.40. The smallest absolute Gasteiger partial charge is 0.227 e. The Bertz CT molecular complexity index is 768. The molecule has 1 aliphatic rings. The fourth-order valence-corrected chi connectivity index (χ4v) is 3.51. The maximum absolute atomic E-state index is 5.40. The number of hydrogen-bond donors (Lipinski definition) is 0. The van der Waals surface area contributed by atoms with Crippen molar-refractivity contribution in [3.63, 3.8) is 0 Å². The molecule has 0 saturated carbocycles. The number of rotatable bonds is 7. The third kappa shape index (κ3) is 3.96. The molecule has 0 bridgehead atoms. The SMILES string of the molecule is c1ccc(-c2noc(CCCN3CCC[C@H]3Cn3cccn3)n2)cc1. The molecule has 3 heterocycles. The summed E-state index contributed by atoms with van der Waals surface area (Å²) in [6.45, 7) is 3.21. The molecule has 0 spiro atoms. The molecule has 130 valence electrons. The molecule has 0 amide bonds. The first kappa shape index (κ1) is 16.0. The molecule has 3 aromatic rings. The molecule has 6 heteroatoms. The fraction of sp³-hybridized carbons (Fsp3) is 0.421. The van der Waals surface area contributed by atoms with Crippen LogP contribution in [0.4, 0.5) is 0 Å². The lowest BCUT2D eigenvalue weighted by Gasteiger charge is -2.24. The van der Waals surface area contributed by atoms with Crippen LogP contribution in [-0.4, -0.2) is 44.0 Å². The molecule has 6 nitrogen and oxygen atoms in total. The first-order valence-corrected chi connectivity index (χ1v) is 8.98. The lowest BCUT2D eigenvalue weighted by molar-refractivity contribution is 0.222. The third-order valence-corrected chi connectivity index (χ3v) is 4.79. The Hall–Kier alpha value is -2.47. The molecular formula is C19H23N5O. The van der Waals surface area contributed by atoms with Crippen molar-refractivity contribution in [2.24, 2.45) is 0 Å². The molecule has 4 rings (SSSR count). The van der Waals surface area contributed by atoms with E-state index >= 15 is 0 Å². The van der Waals surface area contributed by atoms with E-state index < -0.39 is 0 Å². The van der Waals surface area contributed by atoms with Crippen LogP contribution < -0.4 is 0 Å². The second-order valence-corrected chi connectivity index (χ2v) is 6.54. The summed E-state index contributed by atoms with van der Waals surface area (Å²) in [6, 6.07) is 12.5. The monoisotopic (exact) mass is 337 g/mol. The minimum Gasteiger partial charge on any atom is -0.339 e. The molecular weight excluding hydrogens is 314 g/mol. The summed E-state index contributed by atoms with van der Waals surface area (Å²) in [7, 11) is 0. The predicted octanol–water partition coefficient (Wildman–Crippen LogP) is 3.03. The van der Waals surface area contributed by atoms with Gasteiger partial charge in [-0.25, -0.2) is 0 Å². The summed E-state index contributed by atoms with van der Waals surface area (Å²) >= 11 is 0. The Morgan fingerprint density at radius 2 is 2.08 bits per heavy atom. The normalized spacial score (nSPS) is 18.0. The van der Waals surface area contributed by atoms with Gasteiger partial charge in [-0.1, -0.05) is 35.5 Å². The van der Waals surface area contributed by atoms with E-state index in [1.165, 1.54) is 19.4 Å². The molecule has 1 fully saturated rings. The van der Waals surface area contributed by atoms with E-state index in [4.69, 9.17) is 4.52 Å². The van der Waals surface area contributed by atoms with Crippen molar-refractivity contribution in [3.05, 3.63) is 54.7 Å². The molecule has 0 N–H and O–H groups in total. The summed E-state index contributed by atoms with van der Waals surface area (Å²) in [6.07, 6.45) is 8.26. The maximum Gasteiger partial charge on any atom is 0.227 e. The van der Waals surface area contributed by atoms with Gasteiger partial charge in [0.05, 0.1) is 6.54 Å². The van der Waals surface area contributed by atoms with E-state index in [1.54, 1.807) is 0 Å². The van der Waals surface area contributed by atoms with E-state index in [0.717, 1.165) is 37.4 Å². The second kappa shape index (κ2) is 7.61. The van der Waals surface area contributed by atoms with Gasteiger partial charge in [-0.3, -0.25) is 9.58 Å². The number of benzene rings is 1. The largest absolute Gasteiger partial charge is 0.339 e. The Labute approximate surface area is 147 Å². The van der Waals surface area contributed by atoms with E-state index in [-0.39, 0.29) is 0 Å². The van der Waals surface area contributed by atoms with Crippen molar-refractivity contribution in [3.8, 4) is 11.4 Å². The van der Waals surface area contributed by atoms with Gasteiger partial charge in [-0.05, 0) is 38.4 Å². The minimum atomic E-state index is 0.586. The van der Waals surface area contributed by atoms with E-state index in [0.29, 0.717) is 11.9 Å². The highest BCUT2D eigenvalue weighted by Crippen LogP contribution is 2.20. The van der Waals surface area contributed by atoms with E-state index in [9.17, 15) is 0 Å². The summed E-state index contributed by atoms with van der Waals surface area (Å²) < 4.78 is 7.44. The number of likely N-dealkylation sites (tertiary alicyclic amines) is 1. The zero-order valence-electron chi connectivity index (χ0n) is 14.3. The Morgan fingerprint density at radius 1 is 1.16 bits per heavy atom. The number of nitrogens with zero attached hydrogens (tertiary/aromatic N) is 5. The van der Waals surface area contributed by atoms with Crippen LogP contribution in [0.25, 0.3) is 11.4 Å². The average Bonchev–Trinajstić information content (AvgIpc) is 3.39. The molecule has 2 aromatic heterocycles. The van der Waals surface area contributed by atoms with Crippen LogP contribution in [0.5, 0.6) is 0 Å². The zero-order chi connectivity index (χ0) is 16.9. The number of hydrogen-bond acceptors (Lipinski definition) is 5. The van der Waals surface area contributed by atoms with Gasteiger partial charge in [0, 0.05) is 30.4 Å². The van der Waals surface area contributed by atoms with Gasteiger partial charge in [0.2, 0.25) is 11.7 Å². The molecule has 1 aliphatic heterocycles. The lowest BCUT2D eigenvalue weighted by Crippen LogP contribution is -2.34. The van der Waals surface area contributed by atoms with E-state index in [1.807, 2.05) is 53.5 Å². The van der Waals surface area contributed by atoms with Crippen molar-refractivity contribution in [2.45, 2.75) is 38.3 Å². The second-order valence-electron chi connectivity index (χ2n) is 6.54. The average molecular weight is 337 g/mol. The molecule has 0 aliphatic carbocycles. The first-order valence-electron chi connectivity index (χ1n) is 8.98. The highest BCUT2D eigenvalue weighted by molar-refractivity contribution is 5.53. The van der Waals surface area contributed by atoms with E-state index in [2.05, 4.69) is 20.1 Å². The van der Waals surface area contributed by atoms with Gasteiger partial charge in [0.1, 0.15) is 0 Å². The van der Waals surface area contributed by atoms with Crippen LogP contribution in [0, 0.1) is 0 Å². The number of aromatic nitrogens is 4. The highest BCUT2D eigenvalue weighted by Gasteiger charge is 2.24. The van der Waals surface area contributed by atoms with Crippen molar-refractivity contribution in [1.29, 1.82) is 0 Å². The van der Waals surface area contributed by atoms with Crippen molar-refractivity contribution < 1.29 is 4.52 Å². The van der Waals surface area contributed by atoms with Gasteiger partial charge in [-0.15, -0.1) is 0 Å². The van der Waals surface area contributed by atoms with Crippen LogP contribution in [0.15, 0.2) is 53.3 Å². The molecule has 0 radical (unpaired) electrons. The van der Waals surface area contributed by atoms with Crippen LogP contribution in [-0.2, 0) is 13.0 Å². The zero-order valence-corrected chi connectivity index (χ0v) is 14.3.